The number of allylic oxidation sites excluding steroid dienone is 1. The lowest BCUT2D eigenvalue weighted by atomic mass is 10.0. The molecule has 1 aromatic carbocycles. The van der Waals surface area contributed by atoms with E-state index >= 15 is 0 Å². The highest BCUT2D eigenvalue weighted by Crippen LogP contribution is 2.24. The number of anilines is 1. The summed E-state index contributed by atoms with van der Waals surface area (Å²) >= 11 is 0. The van der Waals surface area contributed by atoms with Crippen LogP contribution in [0.3, 0.4) is 0 Å². The van der Waals surface area contributed by atoms with Crippen molar-refractivity contribution in [2.24, 2.45) is 0 Å². The van der Waals surface area contributed by atoms with Crippen LogP contribution in [0, 0.1) is 6.92 Å². The highest BCUT2D eigenvalue weighted by atomic mass is 31.0. The second kappa shape index (κ2) is 6.06. The van der Waals surface area contributed by atoms with Gasteiger partial charge < -0.3 is 5.32 Å². The van der Waals surface area contributed by atoms with E-state index in [0.717, 1.165) is 18.2 Å². The van der Waals surface area contributed by atoms with E-state index in [1.54, 1.807) is 0 Å². The van der Waals surface area contributed by atoms with Gasteiger partial charge in [-0.05, 0) is 56.1 Å². The minimum atomic E-state index is 0.498. The van der Waals surface area contributed by atoms with Gasteiger partial charge in [0.2, 0.25) is 0 Å². The number of rotatable bonds is 5. The topological polar surface area (TPSA) is 12.0 Å². The van der Waals surface area contributed by atoms with Gasteiger partial charge in [-0.25, -0.2) is 0 Å². The van der Waals surface area contributed by atoms with Crippen molar-refractivity contribution in [3.8, 4) is 0 Å². The normalized spacial score (nSPS) is 12.2. The zero-order valence-electron chi connectivity index (χ0n) is 10.5. The third-order valence-electron chi connectivity index (χ3n) is 2.64. The summed E-state index contributed by atoms with van der Waals surface area (Å²) in [6.45, 7) is 10.4. The lowest BCUT2D eigenvalue weighted by Gasteiger charge is -2.18. The molecule has 1 N–H and O–H groups in total. The Morgan fingerprint density at radius 2 is 2.19 bits per heavy atom. The summed E-state index contributed by atoms with van der Waals surface area (Å²) < 4.78 is 0. The van der Waals surface area contributed by atoms with E-state index in [-0.39, 0.29) is 0 Å². The first-order valence-corrected chi connectivity index (χ1v) is 6.59. The fourth-order valence-electron chi connectivity index (χ4n) is 1.74. The molecular formula is C14H22NP. The number of nitrogens with one attached hydrogen (secondary N) is 1. The molecule has 0 amide bonds. The van der Waals surface area contributed by atoms with Crippen molar-refractivity contribution in [3.63, 3.8) is 0 Å². The maximum atomic E-state index is 4.02. The quantitative estimate of drug-likeness (QED) is 0.758. The predicted molar refractivity (Wildman–Crippen MR) is 78.2 cm³/mol. The highest BCUT2D eigenvalue weighted by Gasteiger charge is 2.06. The molecule has 2 atom stereocenters. The average molecular weight is 235 g/mol. The maximum absolute atomic E-state index is 4.02. The van der Waals surface area contributed by atoms with Crippen LogP contribution in [0.1, 0.15) is 31.4 Å². The van der Waals surface area contributed by atoms with Crippen molar-refractivity contribution in [3.05, 3.63) is 35.9 Å². The Labute approximate surface area is 102 Å². The predicted octanol–water partition coefficient (Wildman–Crippen LogP) is 4.09. The third kappa shape index (κ3) is 3.64. The molecule has 1 aromatic rings. The zero-order chi connectivity index (χ0) is 12.1. The number of hydrogen-bond donors (Lipinski definition) is 1. The summed E-state index contributed by atoms with van der Waals surface area (Å²) in [6.07, 6.45) is 2.29. The van der Waals surface area contributed by atoms with Crippen LogP contribution in [-0.2, 0) is 0 Å². The van der Waals surface area contributed by atoms with Crippen LogP contribution in [0.4, 0.5) is 5.69 Å². The second-order valence-electron chi connectivity index (χ2n) is 4.45. The van der Waals surface area contributed by atoms with Crippen molar-refractivity contribution in [2.75, 3.05) is 11.5 Å². The van der Waals surface area contributed by atoms with E-state index in [2.05, 4.69) is 60.1 Å². The highest BCUT2D eigenvalue weighted by molar-refractivity contribution is 7.16. The molecule has 1 rings (SSSR count). The number of hydrogen-bond acceptors (Lipinski definition) is 1. The molecule has 1 nitrogen and oxygen atoms in total. The van der Waals surface area contributed by atoms with Gasteiger partial charge in [0.1, 0.15) is 0 Å². The molecule has 0 aliphatic heterocycles. The Morgan fingerprint density at radius 3 is 2.75 bits per heavy atom. The van der Waals surface area contributed by atoms with Gasteiger partial charge in [0, 0.05) is 11.7 Å². The molecule has 0 radical (unpaired) electrons. The summed E-state index contributed by atoms with van der Waals surface area (Å²) in [6, 6.07) is 6.98. The summed E-state index contributed by atoms with van der Waals surface area (Å²) in [5, 5.41) is 3.56. The lowest BCUT2D eigenvalue weighted by molar-refractivity contribution is 0.771. The van der Waals surface area contributed by atoms with Gasteiger partial charge >= 0.3 is 0 Å². The molecular weight excluding hydrogens is 213 g/mol. The second-order valence-corrected chi connectivity index (χ2v) is 5.03. The van der Waals surface area contributed by atoms with E-state index in [4.69, 9.17) is 0 Å². The van der Waals surface area contributed by atoms with Crippen LogP contribution in [0.2, 0.25) is 0 Å². The largest absolute Gasteiger partial charge is 0.382 e. The fraction of sp³-hybridized carbons (Fsp3) is 0.429. The molecule has 88 valence electrons. The van der Waals surface area contributed by atoms with Crippen molar-refractivity contribution < 1.29 is 0 Å². The van der Waals surface area contributed by atoms with Gasteiger partial charge in [0.15, 0.2) is 0 Å². The Bertz CT molecular complexity index is 371. The Balaban J connectivity index is 2.92. The molecule has 0 aromatic heterocycles. The van der Waals surface area contributed by atoms with Crippen molar-refractivity contribution >= 4 is 20.5 Å². The summed E-state index contributed by atoms with van der Waals surface area (Å²) in [4.78, 5) is 0. The standard InChI is InChI=1S/C14H22NP/c1-10(2)13-6-5-11(3)9-14(13)15-12(4)7-8-16/h5-6,9,12,15H,1,7-8,16H2,2-4H3. The van der Waals surface area contributed by atoms with Gasteiger partial charge in [-0.3, -0.25) is 0 Å². The van der Waals surface area contributed by atoms with Crippen molar-refractivity contribution in [1.29, 1.82) is 0 Å². The fourth-order valence-corrected chi connectivity index (χ4v) is 2.24. The number of benzene rings is 1. The van der Waals surface area contributed by atoms with E-state index in [1.165, 1.54) is 16.8 Å². The van der Waals surface area contributed by atoms with Crippen molar-refractivity contribution in [2.45, 2.75) is 33.2 Å². The summed E-state index contributed by atoms with van der Waals surface area (Å²) in [5.41, 5.74) is 4.82. The molecule has 0 heterocycles. The average Bonchev–Trinajstić information content (AvgIpc) is 2.17. The first-order valence-electron chi connectivity index (χ1n) is 5.77. The minimum absolute atomic E-state index is 0.498. The molecule has 0 aliphatic carbocycles. The Kier molecular flexibility index (Phi) is 5.02. The number of aryl methyl sites for hydroxylation is 1. The summed E-state index contributed by atoms with van der Waals surface area (Å²) in [7, 11) is 2.77. The minimum Gasteiger partial charge on any atom is -0.382 e. The molecule has 0 saturated heterocycles. The first kappa shape index (κ1) is 13.3. The van der Waals surface area contributed by atoms with E-state index in [1.807, 2.05) is 0 Å². The van der Waals surface area contributed by atoms with Crippen LogP contribution < -0.4 is 5.32 Å². The van der Waals surface area contributed by atoms with E-state index in [0.29, 0.717) is 6.04 Å². The SMILES string of the molecule is C=C(C)c1ccc(C)cc1NC(C)CCP. The lowest BCUT2D eigenvalue weighted by Crippen LogP contribution is -2.16. The molecule has 16 heavy (non-hydrogen) atoms. The maximum Gasteiger partial charge on any atom is 0.0420 e. The molecule has 2 heteroatoms. The van der Waals surface area contributed by atoms with Gasteiger partial charge in [0.25, 0.3) is 0 Å². The Morgan fingerprint density at radius 1 is 1.50 bits per heavy atom. The molecule has 0 aliphatic rings. The van der Waals surface area contributed by atoms with Gasteiger partial charge in [-0.15, -0.1) is 9.24 Å². The monoisotopic (exact) mass is 235 g/mol. The first-order chi connectivity index (χ1) is 7.54. The van der Waals surface area contributed by atoms with Gasteiger partial charge in [0.05, 0.1) is 0 Å². The molecule has 0 bridgehead atoms. The van der Waals surface area contributed by atoms with E-state index < -0.39 is 0 Å². The Hall–Kier alpha value is -0.810. The molecule has 0 spiro atoms. The molecule has 0 saturated carbocycles. The third-order valence-corrected chi connectivity index (χ3v) is 2.97. The molecule has 0 fully saturated rings. The van der Waals surface area contributed by atoms with Crippen molar-refractivity contribution in [1.82, 2.24) is 0 Å². The van der Waals surface area contributed by atoms with Gasteiger partial charge in [-0.2, -0.15) is 0 Å². The molecule has 2 unspecified atom stereocenters. The zero-order valence-corrected chi connectivity index (χ0v) is 11.7. The van der Waals surface area contributed by atoms with Crippen LogP contribution in [-0.4, -0.2) is 12.2 Å². The van der Waals surface area contributed by atoms with Crippen LogP contribution in [0.25, 0.3) is 5.57 Å². The van der Waals surface area contributed by atoms with Crippen LogP contribution in [0.5, 0.6) is 0 Å². The van der Waals surface area contributed by atoms with E-state index in [9.17, 15) is 0 Å². The summed E-state index contributed by atoms with van der Waals surface area (Å²) in [5.74, 6) is 0. The van der Waals surface area contributed by atoms with Crippen LogP contribution >= 0.6 is 9.24 Å². The van der Waals surface area contributed by atoms with Gasteiger partial charge in [-0.1, -0.05) is 18.7 Å². The smallest absolute Gasteiger partial charge is 0.0420 e. The van der Waals surface area contributed by atoms with Crippen LogP contribution in [0.15, 0.2) is 24.8 Å².